The van der Waals surface area contributed by atoms with Crippen LogP contribution in [0, 0.1) is 6.92 Å². The average molecular weight is 346 g/mol. The van der Waals surface area contributed by atoms with Crippen LogP contribution in [0.4, 0.5) is 0 Å². The Morgan fingerprint density at radius 3 is 2.61 bits per heavy atom. The second-order valence-corrected chi connectivity index (χ2v) is 5.65. The van der Waals surface area contributed by atoms with Gasteiger partial charge < -0.3 is 0 Å². The molecule has 1 nitrogen and oxygen atoms in total. The Balaban J connectivity index is 2.06. The topological polar surface area (TPSA) is 17.1 Å². The normalized spacial score (nSPS) is 9.89. The SMILES string of the molecule is Cc1ccc(CC(=O)B(I)c2cbccc2)cc1. The van der Waals surface area contributed by atoms with Crippen molar-refractivity contribution >= 4 is 45.0 Å². The molecule has 0 N–H and O–H groups in total. The van der Waals surface area contributed by atoms with Gasteiger partial charge >= 0.3 is 123 Å². The first-order valence-electron chi connectivity index (χ1n) is 5.94. The predicted molar refractivity (Wildman–Crippen MR) is 87.1 cm³/mol. The Bertz CT molecular complexity index is 525. The molecule has 0 spiro atoms. The molecule has 0 aliphatic heterocycles. The number of rotatable bonds is 4. The van der Waals surface area contributed by atoms with Gasteiger partial charge in [-0.25, -0.2) is 0 Å². The molecule has 0 saturated carbocycles. The van der Waals surface area contributed by atoms with Crippen LogP contribution < -0.4 is 5.46 Å². The molecule has 0 bridgehead atoms. The second kappa shape index (κ2) is 6.32. The summed E-state index contributed by atoms with van der Waals surface area (Å²) in [5.41, 5.74) is 3.64. The quantitative estimate of drug-likeness (QED) is 0.614. The van der Waals surface area contributed by atoms with E-state index in [9.17, 15) is 4.79 Å². The van der Waals surface area contributed by atoms with Gasteiger partial charge in [0.15, 0.2) is 0 Å². The summed E-state index contributed by atoms with van der Waals surface area (Å²) in [5.74, 6) is 3.97. The molecule has 0 amide bonds. The first-order chi connectivity index (χ1) is 8.66. The number of halogens is 1. The van der Waals surface area contributed by atoms with Crippen molar-refractivity contribution in [1.29, 1.82) is 0 Å². The van der Waals surface area contributed by atoms with Crippen LogP contribution in [0.1, 0.15) is 11.1 Å². The monoisotopic (exact) mass is 346 g/mol. The van der Waals surface area contributed by atoms with Crippen LogP contribution in [0.15, 0.2) is 48.3 Å². The van der Waals surface area contributed by atoms with E-state index in [2.05, 4.69) is 29.3 Å². The third-order valence-corrected chi connectivity index (χ3v) is 4.29. The predicted octanol–water partition coefficient (Wildman–Crippen LogP) is 2.32. The summed E-state index contributed by atoms with van der Waals surface area (Å²) in [4.78, 5) is 12.2. The minimum absolute atomic E-state index is 0.0647. The summed E-state index contributed by atoms with van der Waals surface area (Å²) in [5, 5.41) is 0. The Kier molecular flexibility index (Phi) is 4.75. The van der Waals surface area contributed by atoms with Crippen molar-refractivity contribution in [3.8, 4) is 0 Å². The van der Waals surface area contributed by atoms with E-state index in [0.29, 0.717) is 6.42 Å². The van der Waals surface area contributed by atoms with Crippen molar-refractivity contribution in [3.05, 3.63) is 59.4 Å². The van der Waals surface area contributed by atoms with Crippen molar-refractivity contribution in [2.45, 2.75) is 13.3 Å². The molecule has 0 fully saturated rings. The van der Waals surface area contributed by atoms with E-state index in [4.69, 9.17) is 0 Å². The van der Waals surface area contributed by atoms with Gasteiger partial charge in [-0.1, -0.05) is 0 Å². The third-order valence-electron chi connectivity index (χ3n) is 2.87. The van der Waals surface area contributed by atoms with Crippen LogP contribution in [-0.4, -0.2) is 17.2 Å². The van der Waals surface area contributed by atoms with Gasteiger partial charge in [0.25, 0.3) is 0 Å². The molecule has 1 aromatic heterocycles. The van der Waals surface area contributed by atoms with Gasteiger partial charge in [0, 0.05) is 0 Å². The van der Waals surface area contributed by atoms with E-state index in [-0.39, 0.29) is 10.3 Å². The molecule has 4 heteroatoms. The van der Waals surface area contributed by atoms with Gasteiger partial charge in [0.2, 0.25) is 0 Å². The molecule has 88 valence electrons. The fraction of sp³-hybridized carbons (Fsp3) is 0.143. The number of hydrogen-bond donors (Lipinski definition) is 0. The Hall–Kier alpha value is -0.900. The zero-order chi connectivity index (χ0) is 13.0. The van der Waals surface area contributed by atoms with Crippen LogP contribution in [0.25, 0.3) is 0 Å². The summed E-state index contributed by atoms with van der Waals surface area (Å²) in [6, 6.07) is 12.1. The molecule has 2 aromatic rings. The van der Waals surface area contributed by atoms with Gasteiger partial charge in [-0.05, 0) is 0 Å². The fourth-order valence-electron chi connectivity index (χ4n) is 1.80. The van der Waals surface area contributed by atoms with Crippen LogP contribution in [0.3, 0.4) is 0 Å². The Morgan fingerprint density at radius 2 is 2.00 bits per heavy atom. The van der Waals surface area contributed by atoms with Gasteiger partial charge in [-0.3, -0.25) is 0 Å². The van der Waals surface area contributed by atoms with E-state index in [1.54, 1.807) is 0 Å². The number of hydrogen-bond acceptors (Lipinski definition) is 1. The van der Waals surface area contributed by atoms with E-state index < -0.39 is 0 Å². The van der Waals surface area contributed by atoms with Gasteiger partial charge in [0.1, 0.15) is 0 Å². The number of carbonyl (C=O) groups is 1. The maximum absolute atomic E-state index is 12.2. The summed E-state index contributed by atoms with van der Waals surface area (Å²) in [6.45, 7) is 4.02. The number of aryl methyl sites for hydroxylation is 1. The standard InChI is InChI=1S/C14H13B2IO/c1-11-4-6-12(7-5-11)9-14(18)16(17)13-3-2-8-15-10-13/h2-8,10H,9H2,1H3. The number of benzene rings is 1. The maximum atomic E-state index is 12.2. The van der Waals surface area contributed by atoms with E-state index in [0.717, 1.165) is 11.0 Å². The van der Waals surface area contributed by atoms with Gasteiger partial charge in [-0.2, -0.15) is 0 Å². The Labute approximate surface area is 122 Å². The average Bonchev–Trinajstić information content (AvgIpc) is 2.41. The Morgan fingerprint density at radius 1 is 1.28 bits per heavy atom. The van der Waals surface area contributed by atoms with E-state index in [1.165, 1.54) is 5.56 Å². The van der Waals surface area contributed by atoms with Crippen molar-refractivity contribution in [2.24, 2.45) is 0 Å². The summed E-state index contributed by atoms with van der Waals surface area (Å²) >= 11 is 2.22. The van der Waals surface area contributed by atoms with Crippen molar-refractivity contribution < 1.29 is 4.79 Å². The molecule has 2 rings (SSSR count). The van der Waals surface area contributed by atoms with E-state index >= 15 is 0 Å². The molecule has 0 radical (unpaired) electrons. The summed E-state index contributed by atoms with van der Waals surface area (Å²) in [7, 11) is 0. The van der Waals surface area contributed by atoms with Crippen LogP contribution in [0.5, 0.6) is 0 Å². The molecule has 1 heterocycles. The molecular weight excluding hydrogens is 333 g/mol. The van der Waals surface area contributed by atoms with Crippen molar-refractivity contribution in [2.75, 3.05) is 0 Å². The number of carbonyl (C=O) groups excluding carboxylic acids is 1. The summed E-state index contributed by atoms with van der Waals surface area (Å²) < 4.78 is -0.0647. The van der Waals surface area contributed by atoms with Gasteiger partial charge in [-0.15, -0.1) is 0 Å². The molecule has 0 aliphatic rings. The third kappa shape index (κ3) is 3.55. The van der Waals surface area contributed by atoms with Crippen LogP contribution in [0.2, 0.25) is 0 Å². The zero-order valence-corrected chi connectivity index (χ0v) is 12.4. The molecule has 0 aliphatic carbocycles. The molecule has 0 unspecified atom stereocenters. The van der Waals surface area contributed by atoms with Crippen LogP contribution >= 0.6 is 22.4 Å². The van der Waals surface area contributed by atoms with Gasteiger partial charge in [0.05, 0.1) is 0 Å². The molecule has 0 saturated heterocycles. The molecule has 18 heavy (non-hydrogen) atoms. The van der Waals surface area contributed by atoms with E-state index in [1.807, 2.05) is 55.2 Å². The van der Waals surface area contributed by atoms with Crippen molar-refractivity contribution in [1.82, 2.24) is 0 Å². The van der Waals surface area contributed by atoms with Crippen LogP contribution in [-0.2, 0) is 11.2 Å². The molecule has 0 atom stereocenters. The first kappa shape index (κ1) is 13.5. The second-order valence-electron chi connectivity index (χ2n) is 4.40. The zero-order valence-electron chi connectivity index (χ0n) is 10.3. The summed E-state index contributed by atoms with van der Waals surface area (Å²) in [6.07, 6.45) is 0.503. The first-order valence-corrected chi connectivity index (χ1v) is 7.18. The molecular formula is C14H13B2IO. The van der Waals surface area contributed by atoms with Crippen molar-refractivity contribution in [3.63, 3.8) is 0 Å². The minimum atomic E-state index is -0.0647. The fourth-order valence-corrected chi connectivity index (χ4v) is 2.44. The molecule has 1 aromatic carbocycles.